The molecule has 45 heavy (non-hydrogen) atoms. The van der Waals surface area contributed by atoms with E-state index in [1.807, 2.05) is 13.8 Å². The van der Waals surface area contributed by atoms with Crippen LogP contribution in [0.1, 0.15) is 146 Å². The minimum atomic E-state index is -0.865. The Bertz CT molecular complexity index is 1160. The molecule has 5 fully saturated rings. The summed E-state index contributed by atoms with van der Waals surface area (Å²) in [6.45, 7) is 27.8. The fraction of sp³-hybridized carbons (Fsp3) is 0.900. The molecule has 0 aromatic rings. The van der Waals surface area contributed by atoms with E-state index in [4.69, 9.17) is 4.74 Å². The molecule has 0 heterocycles. The van der Waals surface area contributed by atoms with E-state index in [9.17, 15) is 14.7 Å². The van der Waals surface area contributed by atoms with E-state index in [2.05, 4.69) is 60.4 Å². The van der Waals surface area contributed by atoms with Gasteiger partial charge in [-0.3, -0.25) is 9.59 Å². The maximum Gasteiger partial charge on any atom is 0.306 e. The smallest absolute Gasteiger partial charge is 0.306 e. The third kappa shape index (κ3) is 5.65. The predicted octanol–water partition coefficient (Wildman–Crippen LogP) is 9.45. The first-order valence-electron chi connectivity index (χ1n) is 18.6. The zero-order valence-electron chi connectivity index (χ0n) is 30.4. The third-order valence-corrected chi connectivity index (χ3v) is 15.8. The molecular weight excluding hydrogens is 558 g/mol. The molecule has 5 nitrogen and oxygen atoms in total. The number of carboxylic acid groups (broad SMARTS) is 1. The van der Waals surface area contributed by atoms with Gasteiger partial charge in [-0.15, -0.1) is 0 Å². The zero-order valence-corrected chi connectivity index (χ0v) is 30.4. The van der Waals surface area contributed by atoms with Crippen molar-refractivity contribution in [2.45, 2.75) is 152 Å². The van der Waals surface area contributed by atoms with Crippen LogP contribution in [0.4, 0.5) is 0 Å². The predicted molar refractivity (Wildman–Crippen MR) is 183 cm³/mol. The number of rotatable bonds is 10. The van der Waals surface area contributed by atoms with Crippen LogP contribution in [-0.4, -0.2) is 36.2 Å². The molecule has 2 N–H and O–H groups in total. The molecule has 5 heteroatoms. The van der Waals surface area contributed by atoms with Crippen LogP contribution >= 0.6 is 0 Å². The number of hydrogen-bond acceptors (Lipinski definition) is 4. The van der Waals surface area contributed by atoms with E-state index in [-0.39, 0.29) is 35.7 Å². The summed E-state index contributed by atoms with van der Waals surface area (Å²) >= 11 is 0. The van der Waals surface area contributed by atoms with Crippen LogP contribution in [0.2, 0.25) is 0 Å². The van der Waals surface area contributed by atoms with E-state index >= 15 is 0 Å². The Morgan fingerprint density at radius 1 is 0.889 bits per heavy atom. The molecule has 0 saturated heterocycles. The third-order valence-electron chi connectivity index (χ3n) is 15.8. The monoisotopic (exact) mass is 626 g/mol. The van der Waals surface area contributed by atoms with Crippen LogP contribution in [0.3, 0.4) is 0 Å². The lowest BCUT2D eigenvalue weighted by molar-refractivity contribution is -0.250. The Balaban J connectivity index is 1.38. The highest BCUT2D eigenvalue weighted by Crippen LogP contribution is 2.78. The van der Waals surface area contributed by atoms with Crippen molar-refractivity contribution in [3.63, 3.8) is 0 Å². The van der Waals surface area contributed by atoms with Gasteiger partial charge in [0.15, 0.2) is 0 Å². The first kappa shape index (κ1) is 35.0. The van der Waals surface area contributed by atoms with Crippen molar-refractivity contribution < 1.29 is 19.4 Å². The lowest BCUT2D eigenvalue weighted by Crippen LogP contribution is -2.66. The van der Waals surface area contributed by atoms with Gasteiger partial charge in [-0.25, -0.2) is 0 Å². The zero-order chi connectivity index (χ0) is 33.2. The minimum Gasteiger partial charge on any atom is -0.481 e. The largest absolute Gasteiger partial charge is 0.481 e. The molecule has 2 unspecified atom stereocenters. The molecular formula is C40H67NO4. The molecule has 0 spiro atoms. The molecule has 0 aromatic heterocycles. The highest BCUT2D eigenvalue weighted by atomic mass is 16.5. The number of allylic oxidation sites excluding steroid dienone is 1. The topological polar surface area (TPSA) is 75.6 Å². The Hall–Kier alpha value is -1.36. The van der Waals surface area contributed by atoms with Crippen LogP contribution in [0.5, 0.6) is 0 Å². The van der Waals surface area contributed by atoms with Crippen molar-refractivity contribution >= 4 is 11.9 Å². The number of aliphatic carboxylic acids is 1. The minimum absolute atomic E-state index is 0.0262. The van der Waals surface area contributed by atoms with Crippen molar-refractivity contribution in [3.05, 3.63) is 12.2 Å². The molecule has 5 aliphatic rings. The summed E-state index contributed by atoms with van der Waals surface area (Å²) < 4.78 is 6.27. The van der Waals surface area contributed by atoms with Crippen LogP contribution in [0.15, 0.2) is 12.2 Å². The first-order valence-corrected chi connectivity index (χ1v) is 18.6. The van der Waals surface area contributed by atoms with Crippen molar-refractivity contribution in [1.82, 2.24) is 5.32 Å². The van der Waals surface area contributed by atoms with E-state index in [1.165, 1.54) is 63.4 Å². The number of ether oxygens (including phenoxy) is 1. The maximum absolute atomic E-state index is 13.2. The average molecular weight is 626 g/mol. The molecule has 0 aliphatic heterocycles. The Kier molecular flexibility index (Phi) is 9.29. The number of carboxylic acids is 1. The van der Waals surface area contributed by atoms with Crippen molar-refractivity contribution in [2.24, 2.45) is 62.1 Å². The molecule has 5 saturated carbocycles. The summed E-state index contributed by atoms with van der Waals surface area (Å²) in [5.74, 6) is 2.32. The first-order chi connectivity index (χ1) is 20.9. The van der Waals surface area contributed by atoms with E-state index in [1.54, 1.807) is 0 Å². The van der Waals surface area contributed by atoms with Gasteiger partial charge in [0.25, 0.3) is 0 Å². The van der Waals surface area contributed by atoms with Crippen molar-refractivity contribution in [1.29, 1.82) is 0 Å². The number of carbonyl (C=O) groups is 2. The summed E-state index contributed by atoms with van der Waals surface area (Å²) in [5.41, 5.74) is 2.09. The van der Waals surface area contributed by atoms with Gasteiger partial charge in [0.2, 0.25) is 0 Å². The normalized spacial score (nSPS) is 43.8. The second kappa shape index (κ2) is 12.0. The van der Waals surface area contributed by atoms with Crippen LogP contribution in [0, 0.1) is 62.1 Å². The van der Waals surface area contributed by atoms with Gasteiger partial charge in [-0.05, 0) is 147 Å². The summed E-state index contributed by atoms with van der Waals surface area (Å²) in [7, 11) is 0. The highest BCUT2D eigenvalue weighted by Gasteiger charge is 2.71. The molecule has 0 aromatic carbocycles. The number of carbonyl (C=O) groups excluding carboxylic acids is 1. The van der Waals surface area contributed by atoms with Gasteiger partial charge in [0, 0.05) is 5.41 Å². The van der Waals surface area contributed by atoms with Crippen molar-refractivity contribution in [2.75, 3.05) is 13.1 Å². The van der Waals surface area contributed by atoms with Gasteiger partial charge < -0.3 is 15.2 Å². The standard InChI is InChI=1S/C40H67NO4/c1-11-41-23-22-40-19-14-27(26(2)3)34(40)28-12-13-30-37(8)17-16-31(45-33(44)25-35(4,5)24-32(42)43)36(6,7)29(37)15-18-39(30,10)38(28,9)20-21-40/h27-31,34,41H,2,11-25H2,1,3-10H3,(H,42,43)/t27-,28+,29?,30?,31-,34+,37-,38+,39+,40+/m0/s1. The lowest BCUT2D eigenvalue weighted by Gasteiger charge is -2.73. The highest BCUT2D eigenvalue weighted by molar-refractivity contribution is 5.73. The summed E-state index contributed by atoms with van der Waals surface area (Å²) in [5, 5.41) is 13.0. The Morgan fingerprint density at radius 3 is 2.24 bits per heavy atom. The summed E-state index contributed by atoms with van der Waals surface area (Å²) in [6.07, 6.45) is 14.0. The molecule has 0 bridgehead atoms. The van der Waals surface area contributed by atoms with Gasteiger partial charge in [-0.2, -0.15) is 0 Å². The van der Waals surface area contributed by atoms with Crippen LogP contribution < -0.4 is 5.32 Å². The van der Waals surface area contributed by atoms with Gasteiger partial charge in [-0.1, -0.05) is 67.5 Å². The second-order valence-electron chi connectivity index (χ2n) is 18.9. The quantitative estimate of drug-likeness (QED) is 0.144. The summed E-state index contributed by atoms with van der Waals surface area (Å²) in [4.78, 5) is 24.5. The fourth-order valence-electron chi connectivity index (χ4n) is 13.5. The van der Waals surface area contributed by atoms with E-state index in [0.29, 0.717) is 34.0 Å². The van der Waals surface area contributed by atoms with Crippen LogP contribution in [-0.2, 0) is 14.3 Å². The fourth-order valence-corrected chi connectivity index (χ4v) is 13.5. The van der Waals surface area contributed by atoms with Crippen molar-refractivity contribution in [3.8, 4) is 0 Å². The average Bonchev–Trinajstić information content (AvgIpc) is 3.30. The maximum atomic E-state index is 13.2. The lowest BCUT2D eigenvalue weighted by atomic mass is 9.32. The molecule has 256 valence electrons. The Labute approximate surface area is 275 Å². The SMILES string of the molecule is C=C(C)[C@@H]1CC[C@]2(CCNCC)CC[C@]3(C)[C@H](CCC4[C@@]5(C)CC[C@H](OC(=O)CC(C)(C)CC(=O)O)C(C)(C)C5CC[C@]43C)[C@@H]12. The van der Waals surface area contributed by atoms with Gasteiger partial charge >= 0.3 is 11.9 Å². The number of esters is 1. The van der Waals surface area contributed by atoms with E-state index in [0.717, 1.165) is 37.8 Å². The van der Waals surface area contributed by atoms with Gasteiger partial charge in [0.05, 0.1) is 12.8 Å². The molecule has 5 rings (SSSR count). The molecule has 0 amide bonds. The molecule has 5 aliphatic carbocycles. The number of nitrogens with one attached hydrogen (secondary N) is 1. The van der Waals surface area contributed by atoms with Crippen LogP contribution in [0.25, 0.3) is 0 Å². The molecule has 0 radical (unpaired) electrons. The second-order valence-corrected chi connectivity index (χ2v) is 18.9. The number of fused-ring (bicyclic) bond motifs is 7. The van der Waals surface area contributed by atoms with E-state index < -0.39 is 11.4 Å². The number of hydrogen-bond donors (Lipinski definition) is 2. The summed E-state index contributed by atoms with van der Waals surface area (Å²) in [6, 6.07) is 0. The Morgan fingerprint density at radius 2 is 1.60 bits per heavy atom. The molecule has 10 atom stereocenters. The van der Waals surface area contributed by atoms with Gasteiger partial charge in [0.1, 0.15) is 6.10 Å².